The third-order valence-electron chi connectivity index (χ3n) is 3.90. The molecule has 1 aliphatic carbocycles. The van der Waals surface area contributed by atoms with Gasteiger partial charge < -0.3 is 5.32 Å². The fourth-order valence-corrected chi connectivity index (χ4v) is 2.78. The fourth-order valence-electron chi connectivity index (χ4n) is 2.78. The molecule has 19 heavy (non-hydrogen) atoms. The molecule has 1 N–H and O–H groups in total. The molecule has 0 aliphatic heterocycles. The highest BCUT2D eigenvalue weighted by Crippen LogP contribution is 2.31. The Labute approximate surface area is 112 Å². The lowest BCUT2D eigenvalue weighted by Gasteiger charge is -2.28. The smallest absolute Gasteiger partial charge is 0.295 e. The van der Waals surface area contributed by atoms with Crippen LogP contribution in [0.25, 0.3) is 0 Å². The molecule has 0 amide bonds. The number of benzene rings is 1. The number of nitrogens with zero attached hydrogens (tertiary/aromatic N) is 1. The number of hydrogen-bond donors (Lipinski definition) is 1. The van der Waals surface area contributed by atoms with E-state index in [0.717, 1.165) is 18.9 Å². The van der Waals surface area contributed by atoms with E-state index in [-0.39, 0.29) is 11.7 Å². The zero-order valence-electron chi connectivity index (χ0n) is 11.1. The number of hydrogen-bond acceptors (Lipinski definition) is 3. The van der Waals surface area contributed by atoms with Gasteiger partial charge >= 0.3 is 0 Å². The number of rotatable bonds is 4. The Kier molecular flexibility index (Phi) is 4.35. The van der Waals surface area contributed by atoms with E-state index in [9.17, 15) is 14.5 Å². The van der Waals surface area contributed by atoms with E-state index in [1.165, 1.54) is 31.4 Å². The van der Waals surface area contributed by atoms with E-state index in [1.807, 2.05) is 6.92 Å². The molecule has 0 bridgehead atoms. The van der Waals surface area contributed by atoms with Gasteiger partial charge in [0.15, 0.2) is 0 Å². The summed E-state index contributed by atoms with van der Waals surface area (Å²) in [6.45, 7) is 2.04. The van der Waals surface area contributed by atoms with Crippen molar-refractivity contribution in [3.8, 4) is 0 Å². The molecular formula is C14H19FN2O2. The van der Waals surface area contributed by atoms with Crippen LogP contribution in [0.5, 0.6) is 0 Å². The monoisotopic (exact) mass is 266 g/mol. The third kappa shape index (κ3) is 3.43. The molecule has 104 valence electrons. The average molecular weight is 266 g/mol. The molecule has 0 radical (unpaired) electrons. The maximum absolute atomic E-state index is 13.1. The van der Waals surface area contributed by atoms with Gasteiger partial charge in [0, 0.05) is 6.04 Å². The van der Waals surface area contributed by atoms with Crippen molar-refractivity contribution >= 4 is 11.4 Å². The molecule has 1 aromatic rings. The third-order valence-corrected chi connectivity index (χ3v) is 3.90. The first-order chi connectivity index (χ1) is 9.08. The topological polar surface area (TPSA) is 55.2 Å². The zero-order valence-corrected chi connectivity index (χ0v) is 11.1. The summed E-state index contributed by atoms with van der Waals surface area (Å²) in [4.78, 5) is 10.4. The minimum absolute atomic E-state index is 0.171. The predicted octanol–water partition coefficient (Wildman–Crippen LogP) is 4.11. The largest absolute Gasteiger partial charge is 0.377 e. The highest BCUT2D eigenvalue weighted by Gasteiger charge is 2.23. The summed E-state index contributed by atoms with van der Waals surface area (Å²) in [5.74, 6) is -0.0408. The van der Waals surface area contributed by atoms with Crippen molar-refractivity contribution in [2.24, 2.45) is 5.92 Å². The molecule has 1 aromatic carbocycles. The summed E-state index contributed by atoms with van der Waals surface area (Å²) in [7, 11) is 0. The van der Waals surface area contributed by atoms with Crippen molar-refractivity contribution in [2.75, 3.05) is 5.32 Å². The summed E-state index contributed by atoms with van der Waals surface area (Å²) in [6, 6.07) is 3.84. The van der Waals surface area contributed by atoms with Gasteiger partial charge in [0.05, 0.1) is 11.0 Å². The van der Waals surface area contributed by atoms with Crippen LogP contribution in [0, 0.1) is 21.8 Å². The molecule has 0 heterocycles. The Bertz CT molecular complexity index is 459. The van der Waals surface area contributed by atoms with Crippen molar-refractivity contribution in [1.29, 1.82) is 0 Å². The van der Waals surface area contributed by atoms with Crippen molar-refractivity contribution in [2.45, 2.75) is 45.1 Å². The zero-order chi connectivity index (χ0) is 13.8. The molecule has 0 aromatic heterocycles. The Hall–Kier alpha value is -1.65. The fraction of sp³-hybridized carbons (Fsp3) is 0.571. The first kappa shape index (κ1) is 13.8. The number of nitro benzene ring substituents is 1. The Morgan fingerprint density at radius 1 is 1.37 bits per heavy atom. The van der Waals surface area contributed by atoms with Crippen molar-refractivity contribution in [1.82, 2.24) is 0 Å². The van der Waals surface area contributed by atoms with Gasteiger partial charge in [0.1, 0.15) is 11.5 Å². The summed E-state index contributed by atoms with van der Waals surface area (Å²) in [6.07, 6.45) is 6.04. The predicted molar refractivity (Wildman–Crippen MR) is 72.7 cm³/mol. The van der Waals surface area contributed by atoms with Crippen LogP contribution in [-0.4, -0.2) is 11.0 Å². The van der Waals surface area contributed by atoms with Crippen LogP contribution in [0.4, 0.5) is 15.8 Å². The van der Waals surface area contributed by atoms with Crippen LogP contribution in [0.2, 0.25) is 0 Å². The molecule has 0 spiro atoms. The minimum atomic E-state index is -0.581. The standard InChI is InChI=1S/C14H19FN2O2/c1-10(11-5-3-2-4-6-11)16-13-8-7-12(15)9-14(13)17(18)19/h7-11,16H,2-6H2,1H3. The molecule has 1 atom stereocenters. The quantitative estimate of drug-likeness (QED) is 0.659. The average Bonchev–Trinajstić information content (AvgIpc) is 2.41. The van der Waals surface area contributed by atoms with E-state index >= 15 is 0 Å². The SMILES string of the molecule is CC(Nc1ccc(F)cc1[N+](=O)[O-])C1CCCCC1. The van der Waals surface area contributed by atoms with E-state index in [1.54, 1.807) is 0 Å². The maximum Gasteiger partial charge on any atom is 0.295 e. The molecule has 0 saturated heterocycles. The lowest BCUT2D eigenvalue weighted by molar-refractivity contribution is -0.384. The minimum Gasteiger partial charge on any atom is -0.377 e. The second-order valence-corrected chi connectivity index (χ2v) is 5.25. The first-order valence-electron chi connectivity index (χ1n) is 6.78. The van der Waals surface area contributed by atoms with E-state index < -0.39 is 10.7 Å². The van der Waals surface area contributed by atoms with Gasteiger partial charge in [0.2, 0.25) is 0 Å². The van der Waals surface area contributed by atoms with Crippen LogP contribution in [0.15, 0.2) is 18.2 Å². The summed E-state index contributed by atoms with van der Waals surface area (Å²) >= 11 is 0. The van der Waals surface area contributed by atoms with Gasteiger partial charge in [-0.25, -0.2) is 4.39 Å². The van der Waals surface area contributed by atoms with Crippen LogP contribution in [0.1, 0.15) is 39.0 Å². The molecule has 1 saturated carbocycles. The Morgan fingerprint density at radius 3 is 2.68 bits per heavy atom. The molecule has 2 rings (SSSR count). The molecule has 5 heteroatoms. The van der Waals surface area contributed by atoms with Crippen LogP contribution in [0.3, 0.4) is 0 Å². The van der Waals surface area contributed by atoms with Gasteiger partial charge in [-0.15, -0.1) is 0 Å². The lowest BCUT2D eigenvalue weighted by atomic mass is 9.84. The van der Waals surface area contributed by atoms with Crippen molar-refractivity contribution in [3.63, 3.8) is 0 Å². The van der Waals surface area contributed by atoms with Crippen molar-refractivity contribution < 1.29 is 9.31 Å². The van der Waals surface area contributed by atoms with Gasteiger partial charge in [-0.3, -0.25) is 10.1 Å². The maximum atomic E-state index is 13.1. The lowest BCUT2D eigenvalue weighted by Crippen LogP contribution is -2.28. The second-order valence-electron chi connectivity index (χ2n) is 5.25. The Morgan fingerprint density at radius 2 is 2.05 bits per heavy atom. The van der Waals surface area contributed by atoms with Gasteiger partial charge in [-0.1, -0.05) is 19.3 Å². The second kappa shape index (κ2) is 5.99. The van der Waals surface area contributed by atoms with Crippen molar-refractivity contribution in [3.05, 3.63) is 34.1 Å². The first-order valence-corrected chi connectivity index (χ1v) is 6.78. The molecule has 1 aliphatic rings. The van der Waals surface area contributed by atoms with Crippen LogP contribution >= 0.6 is 0 Å². The van der Waals surface area contributed by atoms with Crippen LogP contribution < -0.4 is 5.32 Å². The van der Waals surface area contributed by atoms with E-state index in [4.69, 9.17) is 0 Å². The van der Waals surface area contributed by atoms with Gasteiger partial charge in [0.25, 0.3) is 5.69 Å². The van der Waals surface area contributed by atoms with E-state index in [2.05, 4.69) is 5.32 Å². The summed E-state index contributed by atoms with van der Waals surface area (Å²) < 4.78 is 13.1. The number of anilines is 1. The number of nitrogens with one attached hydrogen (secondary N) is 1. The number of nitro groups is 1. The van der Waals surface area contributed by atoms with Gasteiger partial charge in [-0.2, -0.15) is 0 Å². The highest BCUT2D eigenvalue weighted by atomic mass is 19.1. The molecule has 1 unspecified atom stereocenters. The highest BCUT2D eigenvalue weighted by molar-refractivity contribution is 5.61. The summed E-state index contributed by atoms with van der Waals surface area (Å²) in [5, 5.41) is 14.1. The van der Waals surface area contributed by atoms with Gasteiger partial charge in [-0.05, 0) is 37.8 Å². The molecule has 4 nitrogen and oxygen atoms in total. The molecular weight excluding hydrogens is 247 g/mol. The Balaban J connectivity index is 2.11. The molecule has 1 fully saturated rings. The number of halogens is 1. The van der Waals surface area contributed by atoms with Crippen LogP contribution in [-0.2, 0) is 0 Å². The normalized spacial score (nSPS) is 18.0. The van der Waals surface area contributed by atoms with E-state index in [0.29, 0.717) is 11.6 Å². The summed E-state index contributed by atoms with van der Waals surface area (Å²) in [5.41, 5.74) is 0.215.